The van der Waals surface area contributed by atoms with Gasteiger partial charge in [0.25, 0.3) is 0 Å². The fourth-order valence-electron chi connectivity index (χ4n) is 1.33. The molecule has 0 aliphatic heterocycles. The highest BCUT2D eigenvalue weighted by atomic mass is 79.9. The van der Waals surface area contributed by atoms with Crippen molar-refractivity contribution in [1.82, 2.24) is 9.97 Å². The van der Waals surface area contributed by atoms with E-state index in [4.69, 9.17) is 23.2 Å². The van der Waals surface area contributed by atoms with Crippen molar-refractivity contribution in [2.75, 3.05) is 0 Å². The number of nitrogens with zero attached hydrogens (tertiary/aromatic N) is 2. The average molecular weight is 318 g/mol. The molecule has 0 spiro atoms. The maximum absolute atomic E-state index is 5.81. The summed E-state index contributed by atoms with van der Waals surface area (Å²) < 4.78 is 1.02. The molecule has 0 aliphatic rings. The Bertz CT molecular complexity index is 497. The quantitative estimate of drug-likeness (QED) is 0.778. The number of benzene rings is 1. The van der Waals surface area contributed by atoms with E-state index >= 15 is 0 Å². The molecule has 0 saturated heterocycles. The Morgan fingerprint density at radius 3 is 2.31 bits per heavy atom. The van der Waals surface area contributed by atoms with Crippen LogP contribution in [0.3, 0.4) is 0 Å². The van der Waals surface area contributed by atoms with Crippen LogP contribution in [0.1, 0.15) is 11.4 Å². The second-order valence-electron chi connectivity index (χ2n) is 3.20. The summed E-state index contributed by atoms with van der Waals surface area (Å²) in [7, 11) is 0. The largest absolute Gasteiger partial charge is 0.221 e. The molecule has 1 heterocycles. The summed E-state index contributed by atoms with van der Waals surface area (Å²) in [6, 6.07) is 9.42. The van der Waals surface area contributed by atoms with Crippen LogP contribution in [0.2, 0.25) is 10.3 Å². The van der Waals surface area contributed by atoms with E-state index in [0.29, 0.717) is 22.6 Å². The molecule has 1 aromatic carbocycles. The lowest BCUT2D eigenvalue weighted by molar-refractivity contribution is 0.965. The van der Waals surface area contributed by atoms with Gasteiger partial charge in [-0.15, -0.1) is 0 Å². The third kappa shape index (κ3) is 2.94. The number of hydrogen-bond acceptors (Lipinski definition) is 2. The zero-order valence-corrected chi connectivity index (χ0v) is 11.2. The summed E-state index contributed by atoms with van der Waals surface area (Å²) in [4.78, 5) is 8.24. The van der Waals surface area contributed by atoms with Crippen molar-refractivity contribution in [2.24, 2.45) is 0 Å². The smallest absolute Gasteiger partial charge is 0.136 e. The van der Waals surface area contributed by atoms with Crippen LogP contribution in [0.25, 0.3) is 0 Å². The Kier molecular flexibility index (Phi) is 3.79. The molecule has 82 valence electrons. The molecule has 2 aromatic rings. The molecular weight excluding hydrogens is 311 g/mol. The van der Waals surface area contributed by atoms with Crippen molar-refractivity contribution < 1.29 is 0 Å². The van der Waals surface area contributed by atoms with Crippen molar-refractivity contribution in [3.05, 3.63) is 56.5 Å². The Morgan fingerprint density at radius 2 is 1.69 bits per heavy atom. The van der Waals surface area contributed by atoms with Crippen molar-refractivity contribution in [2.45, 2.75) is 6.42 Å². The minimum absolute atomic E-state index is 0.363. The lowest BCUT2D eigenvalue weighted by Crippen LogP contribution is -1.97. The van der Waals surface area contributed by atoms with Gasteiger partial charge in [0.1, 0.15) is 16.1 Å². The maximum Gasteiger partial charge on any atom is 0.136 e. The van der Waals surface area contributed by atoms with Crippen LogP contribution in [-0.4, -0.2) is 9.97 Å². The minimum Gasteiger partial charge on any atom is -0.221 e. The van der Waals surface area contributed by atoms with E-state index in [1.807, 2.05) is 24.3 Å². The third-order valence-electron chi connectivity index (χ3n) is 2.02. The van der Waals surface area contributed by atoms with Crippen LogP contribution in [0.15, 0.2) is 34.8 Å². The molecule has 2 rings (SSSR count). The van der Waals surface area contributed by atoms with Gasteiger partial charge in [-0.05, 0) is 11.6 Å². The van der Waals surface area contributed by atoms with Crippen LogP contribution in [0.4, 0.5) is 0 Å². The summed E-state index contributed by atoms with van der Waals surface area (Å²) in [5, 5.41) is 0.726. The van der Waals surface area contributed by atoms with Gasteiger partial charge in [0.15, 0.2) is 0 Å². The summed E-state index contributed by atoms with van der Waals surface area (Å²) in [6.07, 6.45) is 0.599. The molecule has 16 heavy (non-hydrogen) atoms. The van der Waals surface area contributed by atoms with Gasteiger partial charge in [-0.3, -0.25) is 0 Å². The predicted molar refractivity (Wildman–Crippen MR) is 69.0 cm³/mol. The second-order valence-corrected chi connectivity index (χ2v) is 4.83. The lowest BCUT2D eigenvalue weighted by atomic mass is 10.1. The van der Waals surface area contributed by atoms with E-state index < -0.39 is 0 Å². The van der Waals surface area contributed by atoms with Crippen LogP contribution in [0, 0.1) is 0 Å². The minimum atomic E-state index is 0.363. The van der Waals surface area contributed by atoms with Crippen LogP contribution < -0.4 is 0 Å². The van der Waals surface area contributed by atoms with E-state index in [2.05, 4.69) is 25.9 Å². The van der Waals surface area contributed by atoms with Gasteiger partial charge in [-0.1, -0.05) is 57.3 Å². The number of aromatic nitrogens is 2. The summed E-state index contributed by atoms with van der Waals surface area (Å²) in [5.74, 6) is 0.615. The lowest BCUT2D eigenvalue weighted by Gasteiger charge is -2.03. The van der Waals surface area contributed by atoms with Gasteiger partial charge in [-0.25, -0.2) is 9.97 Å². The Morgan fingerprint density at radius 1 is 1.06 bits per heavy atom. The first kappa shape index (κ1) is 11.8. The zero-order chi connectivity index (χ0) is 11.5. The van der Waals surface area contributed by atoms with Crippen molar-refractivity contribution in [1.29, 1.82) is 0 Å². The standard InChI is InChI=1S/C11H7BrCl2N2/c12-8-4-2-1-3-7(8)5-11-15-9(13)6-10(14)16-11/h1-4,6H,5H2. The molecule has 0 radical (unpaired) electrons. The van der Waals surface area contributed by atoms with Crippen molar-refractivity contribution >= 4 is 39.1 Å². The van der Waals surface area contributed by atoms with E-state index in [-0.39, 0.29) is 0 Å². The van der Waals surface area contributed by atoms with Gasteiger partial charge in [-0.2, -0.15) is 0 Å². The second kappa shape index (κ2) is 5.13. The molecule has 0 fully saturated rings. The Balaban J connectivity index is 2.30. The zero-order valence-electron chi connectivity index (χ0n) is 8.12. The third-order valence-corrected chi connectivity index (χ3v) is 3.18. The SMILES string of the molecule is Clc1cc(Cl)nc(Cc2ccccc2Br)n1. The van der Waals surface area contributed by atoms with Gasteiger partial charge in [0.2, 0.25) is 0 Å². The average Bonchev–Trinajstić information content (AvgIpc) is 2.20. The Labute approximate surface area is 112 Å². The first-order valence-corrected chi connectivity index (χ1v) is 6.12. The van der Waals surface area contributed by atoms with E-state index in [9.17, 15) is 0 Å². The molecular formula is C11H7BrCl2N2. The molecule has 0 atom stereocenters. The molecule has 0 unspecified atom stereocenters. The first-order chi connectivity index (χ1) is 7.65. The molecule has 0 bridgehead atoms. The molecule has 0 saturated carbocycles. The van der Waals surface area contributed by atoms with Crippen LogP contribution in [0.5, 0.6) is 0 Å². The topological polar surface area (TPSA) is 25.8 Å². The first-order valence-electron chi connectivity index (χ1n) is 4.57. The summed E-state index contributed by atoms with van der Waals surface area (Å²) in [5.41, 5.74) is 1.10. The predicted octanol–water partition coefficient (Wildman–Crippen LogP) is 4.14. The summed E-state index contributed by atoms with van der Waals surface area (Å²) >= 11 is 15.1. The fraction of sp³-hybridized carbons (Fsp3) is 0.0909. The van der Waals surface area contributed by atoms with E-state index in [1.54, 1.807) is 0 Å². The number of halogens is 3. The highest BCUT2D eigenvalue weighted by Gasteiger charge is 2.05. The molecule has 2 nitrogen and oxygen atoms in total. The van der Waals surface area contributed by atoms with Gasteiger partial charge < -0.3 is 0 Å². The molecule has 5 heteroatoms. The molecule has 0 aliphatic carbocycles. The van der Waals surface area contributed by atoms with E-state index in [1.165, 1.54) is 6.07 Å². The monoisotopic (exact) mass is 316 g/mol. The number of hydrogen-bond donors (Lipinski definition) is 0. The van der Waals surface area contributed by atoms with Crippen molar-refractivity contribution in [3.8, 4) is 0 Å². The highest BCUT2D eigenvalue weighted by molar-refractivity contribution is 9.10. The Hall–Kier alpha value is -0.640. The molecule has 0 amide bonds. The maximum atomic E-state index is 5.81. The van der Waals surface area contributed by atoms with Crippen molar-refractivity contribution in [3.63, 3.8) is 0 Å². The molecule has 0 N–H and O–H groups in total. The normalized spacial score (nSPS) is 10.4. The van der Waals surface area contributed by atoms with Crippen LogP contribution in [-0.2, 0) is 6.42 Å². The van der Waals surface area contributed by atoms with Crippen LogP contribution >= 0.6 is 39.1 Å². The fourth-order valence-corrected chi connectivity index (χ4v) is 2.21. The number of rotatable bonds is 2. The molecule has 1 aromatic heterocycles. The highest BCUT2D eigenvalue weighted by Crippen LogP contribution is 2.20. The van der Waals surface area contributed by atoms with Gasteiger partial charge >= 0.3 is 0 Å². The van der Waals surface area contributed by atoms with Gasteiger partial charge in [0.05, 0.1) is 0 Å². The van der Waals surface area contributed by atoms with Gasteiger partial charge in [0, 0.05) is 17.0 Å². The van der Waals surface area contributed by atoms with E-state index in [0.717, 1.165) is 10.0 Å². The summed E-state index contributed by atoms with van der Waals surface area (Å²) in [6.45, 7) is 0.